The van der Waals surface area contributed by atoms with E-state index in [1.54, 1.807) is 30.3 Å². The SMILES string of the molecule is O=C(CCc1ccccc1)NN=Cc1ccc(-c2ccccc2[N+](=O)[O-])o1. The highest BCUT2D eigenvalue weighted by molar-refractivity contribution is 5.81. The van der Waals surface area contributed by atoms with Gasteiger partial charge in [-0.2, -0.15) is 5.10 Å². The predicted octanol–water partition coefficient (Wildman–Crippen LogP) is 3.94. The summed E-state index contributed by atoms with van der Waals surface area (Å²) in [6.07, 6.45) is 2.31. The highest BCUT2D eigenvalue weighted by Gasteiger charge is 2.16. The zero-order valence-electron chi connectivity index (χ0n) is 14.4. The summed E-state index contributed by atoms with van der Waals surface area (Å²) in [6.45, 7) is 0. The molecule has 1 amide bonds. The Morgan fingerprint density at radius 1 is 1.07 bits per heavy atom. The Balaban J connectivity index is 1.58. The Morgan fingerprint density at radius 2 is 1.81 bits per heavy atom. The molecule has 0 spiro atoms. The molecule has 1 aromatic heterocycles. The first-order chi connectivity index (χ1) is 13.1. The van der Waals surface area contributed by atoms with Gasteiger partial charge in [0.1, 0.15) is 11.5 Å². The number of aryl methyl sites for hydroxylation is 1. The van der Waals surface area contributed by atoms with Gasteiger partial charge in [0.25, 0.3) is 5.69 Å². The van der Waals surface area contributed by atoms with Gasteiger partial charge in [-0.1, -0.05) is 42.5 Å². The van der Waals surface area contributed by atoms with E-state index in [0.717, 1.165) is 5.56 Å². The van der Waals surface area contributed by atoms with Crippen molar-refractivity contribution in [1.82, 2.24) is 5.43 Å². The number of nitrogens with zero attached hydrogens (tertiary/aromatic N) is 2. The summed E-state index contributed by atoms with van der Waals surface area (Å²) in [5.74, 6) is 0.534. The number of benzene rings is 2. The summed E-state index contributed by atoms with van der Waals surface area (Å²) in [5, 5.41) is 15.0. The van der Waals surface area contributed by atoms with Crippen LogP contribution in [0, 0.1) is 10.1 Å². The molecule has 0 bridgehead atoms. The summed E-state index contributed by atoms with van der Waals surface area (Å²) in [4.78, 5) is 22.5. The number of hydrogen-bond donors (Lipinski definition) is 1. The summed E-state index contributed by atoms with van der Waals surface area (Å²) in [6, 6.07) is 19.3. The van der Waals surface area contributed by atoms with Crippen molar-refractivity contribution in [2.24, 2.45) is 5.10 Å². The van der Waals surface area contributed by atoms with Gasteiger partial charge in [0.15, 0.2) is 0 Å². The molecule has 0 radical (unpaired) electrons. The molecule has 27 heavy (non-hydrogen) atoms. The molecule has 7 heteroatoms. The van der Waals surface area contributed by atoms with Crippen molar-refractivity contribution in [2.75, 3.05) is 0 Å². The van der Waals surface area contributed by atoms with E-state index in [0.29, 0.717) is 29.9 Å². The fourth-order valence-electron chi connectivity index (χ4n) is 2.53. The molecule has 0 aliphatic heterocycles. The van der Waals surface area contributed by atoms with Crippen LogP contribution >= 0.6 is 0 Å². The maximum atomic E-state index is 11.8. The molecular formula is C20H17N3O4. The van der Waals surface area contributed by atoms with E-state index in [-0.39, 0.29) is 11.6 Å². The number of amides is 1. The molecule has 136 valence electrons. The van der Waals surface area contributed by atoms with E-state index >= 15 is 0 Å². The molecule has 0 aliphatic rings. The van der Waals surface area contributed by atoms with Crippen molar-refractivity contribution in [3.8, 4) is 11.3 Å². The zero-order valence-corrected chi connectivity index (χ0v) is 14.4. The Morgan fingerprint density at radius 3 is 2.59 bits per heavy atom. The zero-order chi connectivity index (χ0) is 19.1. The molecule has 0 atom stereocenters. The van der Waals surface area contributed by atoms with Crippen LogP contribution in [0.2, 0.25) is 0 Å². The van der Waals surface area contributed by atoms with E-state index in [2.05, 4.69) is 10.5 Å². The predicted molar refractivity (Wildman–Crippen MR) is 101 cm³/mol. The van der Waals surface area contributed by atoms with Crippen LogP contribution in [0.4, 0.5) is 5.69 Å². The Hall–Kier alpha value is -3.74. The van der Waals surface area contributed by atoms with Crippen molar-refractivity contribution in [3.63, 3.8) is 0 Å². The fourth-order valence-corrected chi connectivity index (χ4v) is 2.53. The summed E-state index contributed by atoms with van der Waals surface area (Å²) in [5.41, 5.74) is 3.87. The lowest BCUT2D eigenvalue weighted by atomic mass is 10.1. The minimum atomic E-state index is -0.460. The molecule has 0 unspecified atom stereocenters. The van der Waals surface area contributed by atoms with Crippen LogP contribution in [0.5, 0.6) is 0 Å². The van der Waals surface area contributed by atoms with Crippen LogP contribution in [0.3, 0.4) is 0 Å². The lowest BCUT2D eigenvalue weighted by Crippen LogP contribution is -2.17. The Bertz CT molecular complexity index is 964. The van der Waals surface area contributed by atoms with Crippen molar-refractivity contribution < 1.29 is 14.1 Å². The van der Waals surface area contributed by atoms with Gasteiger partial charge in [-0.25, -0.2) is 5.43 Å². The third kappa shape index (κ3) is 4.88. The number of nitro benzene ring substituents is 1. The van der Waals surface area contributed by atoms with E-state index in [9.17, 15) is 14.9 Å². The lowest BCUT2D eigenvalue weighted by molar-refractivity contribution is -0.384. The molecule has 2 aromatic carbocycles. The van der Waals surface area contributed by atoms with Gasteiger partial charge in [0.2, 0.25) is 5.91 Å². The molecule has 0 saturated heterocycles. The van der Waals surface area contributed by atoms with E-state index in [1.165, 1.54) is 12.3 Å². The largest absolute Gasteiger partial charge is 0.455 e. The molecule has 1 N–H and O–H groups in total. The molecule has 7 nitrogen and oxygen atoms in total. The van der Waals surface area contributed by atoms with Gasteiger partial charge in [-0.05, 0) is 30.2 Å². The molecule has 1 heterocycles. The second-order valence-electron chi connectivity index (χ2n) is 5.76. The first-order valence-electron chi connectivity index (χ1n) is 8.33. The summed E-state index contributed by atoms with van der Waals surface area (Å²) in [7, 11) is 0. The average molecular weight is 363 g/mol. The lowest BCUT2D eigenvalue weighted by Gasteiger charge is -2.00. The Labute approximate surface area is 155 Å². The minimum Gasteiger partial charge on any atom is -0.455 e. The van der Waals surface area contributed by atoms with E-state index in [1.807, 2.05) is 30.3 Å². The first-order valence-corrected chi connectivity index (χ1v) is 8.33. The number of nitro groups is 1. The van der Waals surface area contributed by atoms with Gasteiger partial charge in [-0.3, -0.25) is 14.9 Å². The molecule has 3 aromatic rings. The van der Waals surface area contributed by atoms with Gasteiger partial charge < -0.3 is 4.42 Å². The number of nitrogens with one attached hydrogen (secondary N) is 1. The van der Waals surface area contributed by atoms with Crippen molar-refractivity contribution in [2.45, 2.75) is 12.8 Å². The van der Waals surface area contributed by atoms with E-state index < -0.39 is 4.92 Å². The average Bonchev–Trinajstić information content (AvgIpc) is 3.16. The third-order valence-corrected chi connectivity index (χ3v) is 3.86. The van der Waals surface area contributed by atoms with Crippen LogP contribution < -0.4 is 5.43 Å². The summed E-state index contributed by atoms with van der Waals surface area (Å²) < 4.78 is 5.57. The van der Waals surface area contributed by atoms with Gasteiger partial charge in [-0.15, -0.1) is 0 Å². The first kappa shape index (κ1) is 18.1. The summed E-state index contributed by atoms with van der Waals surface area (Å²) >= 11 is 0. The van der Waals surface area contributed by atoms with Crippen LogP contribution in [0.1, 0.15) is 17.7 Å². The third-order valence-electron chi connectivity index (χ3n) is 3.86. The van der Waals surface area contributed by atoms with Crippen LogP contribution in [0.25, 0.3) is 11.3 Å². The highest BCUT2D eigenvalue weighted by Crippen LogP contribution is 2.30. The molecule has 0 fully saturated rings. The minimum absolute atomic E-state index is 0.0375. The van der Waals surface area contributed by atoms with Crippen LogP contribution in [-0.2, 0) is 11.2 Å². The number of furan rings is 1. The van der Waals surface area contributed by atoms with Crippen molar-refractivity contribution in [3.05, 3.63) is 88.2 Å². The molecule has 0 aliphatic carbocycles. The number of hydrogen-bond acceptors (Lipinski definition) is 5. The van der Waals surface area contributed by atoms with Crippen LogP contribution in [0.15, 0.2) is 76.2 Å². The molecular weight excluding hydrogens is 346 g/mol. The van der Waals surface area contributed by atoms with E-state index in [4.69, 9.17) is 4.42 Å². The monoisotopic (exact) mass is 363 g/mol. The number of carbonyl (C=O) groups excluding carboxylic acids is 1. The number of para-hydroxylation sites is 1. The normalized spacial score (nSPS) is 10.8. The molecule has 0 saturated carbocycles. The second-order valence-corrected chi connectivity index (χ2v) is 5.76. The maximum Gasteiger partial charge on any atom is 0.280 e. The number of rotatable bonds is 7. The van der Waals surface area contributed by atoms with Gasteiger partial charge in [0, 0.05) is 12.5 Å². The Kier molecular flexibility index (Phi) is 5.73. The standard InChI is InChI=1S/C20H17N3O4/c24-20(13-10-15-6-2-1-3-7-15)22-21-14-16-11-12-19(27-16)17-8-4-5-9-18(17)23(25)26/h1-9,11-12,14H,10,13H2,(H,22,24). The number of carbonyl (C=O) groups is 1. The quantitative estimate of drug-likeness (QED) is 0.390. The van der Waals surface area contributed by atoms with Crippen LogP contribution in [-0.4, -0.2) is 17.0 Å². The van der Waals surface area contributed by atoms with Crippen molar-refractivity contribution in [1.29, 1.82) is 0 Å². The maximum absolute atomic E-state index is 11.8. The molecule has 3 rings (SSSR count). The highest BCUT2D eigenvalue weighted by atomic mass is 16.6. The van der Waals surface area contributed by atoms with Gasteiger partial charge >= 0.3 is 0 Å². The van der Waals surface area contributed by atoms with Crippen molar-refractivity contribution >= 4 is 17.8 Å². The fraction of sp³-hybridized carbons (Fsp3) is 0.100. The van der Waals surface area contributed by atoms with Gasteiger partial charge in [0.05, 0.1) is 16.7 Å². The topological polar surface area (TPSA) is 97.7 Å². The number of hydrazone groups is 1. The second kappa shape index (κ2) is 8.57. The smallest absolute Gasteiger partial charge is 0.280 e.